The number of anilines is 1. The van der Waals surface area contributed by atoms with Crippen LogP contribution in [0.1, 0.15) is 12.5 Å². The van der Waals surface area contributed by atoms with Gasteiger partial charge in [0.1, 0.15) is 11.5 Å². The predicted molar refractivity (Wildman–Crippen MR) is 111 cm³/mol. The van der Waals surface area contributed by atoms with Gasteiger partial charge in [0.05, 0.1) is 20.0 Å². The Balaban J connectivity index is 1.46. The van der Waals surface area contributed by atoms with Crippen molar-refractivity contribution in [3.05, 3.63) is 48.0 Å². The van der Waals surface area contributed by atoms with Crippen molar-refractivity contribution in [3.63, 3.8) is 0 Å². The number of aromatic nitrogens is 2. The van der Waals surface area contributed by atoms with Gasteiger partial charge >= 0.3 is 0 Å². The van der Waals surface area contributed by atoms with Crippen molar-refractivity contribution in [2.45, 2.75) is 24.6 Å². The van der Waals surface area contributed by atoms with Crippen LogP contribution in [0.3, 0.4) is 0 Å². The van der Waals surface area contributed by atoms with E-state index in [1.165, 1.54) is 17.3 Å². The minimum absolute atomic E-state index is 0.0234. The number of carbonyl (C=O) groups is 1. The van der Waals surface area contributed by atoms with E-state index in [1.54, 1.807) is 32.4 Å². The molecule has 0 saturated carbocycles. The molecule has 1 amide bonds. The molecule has 2 aromatic carbocycles. The van der Waals surface area contributed by atoms with Crippen LogP contribution >= 0.6 is 11.8 Å². The SMILES string of the molecule is COc1cc(OC)cc(-c2nnc(SCC(=O)N3c4ccccc4CC3C)o2)c1. The molecule has 1 aliphatic heterocycles. The van der Waals surface area contributed by atoms with Crippen LogP contribution in [0, 0.1) is 0 Å². The molecular formula is C21H21N3O4S. The predicted octanol–water partition coefficient (Wildman–Crippen LogP) is 3.82. The molecule has 2 heterocycles. The third-order valence-electron chi connectivity index (χ3n) is 4.80. The Kier molecular flexibility index (Phi) is 5.44. The minimum atomic E-state index is 0.0234. The molecule has 1 aliphatic rings. The monoisotopic (exact) mass is 411 g/mol. The molecule has 8 heteroatoms. The number of methoxy groups -OCH3 is 2. The topological polar surface area (TPSA) is 77.7 Å². The molecule has 1 atom stereocenters. The average Bonchev–Trinajstić information content (AvgIpc) is 3.35. The number of carbonyl (C=O) groups excluding carboxylic acids is 1. The van der Waals surface area contributed by atoms with E-state index in [0.717, 1.165) is 12.1 Å². The summed E-state index contributed by atoms with van der Waals surface area (Å²) in [6.07, 6.45) is 0.870. The number of nitrogens with zero attached hydrogens (tertiary/aromatic N) is 3. The number of benzene rings is 2. The maximum absolute atomic E-state index is 12.8. The highest BCUT2D eigenvalue weighted by molar-refractivity contribution is 7.99. The van der Waals surface area contributed by atoms with Crippen LogP contribution in [0.4, 0.5) is 5.69 Å². The molecule has 0 fully saturated rings. The fraction of sp³-hybridized carbons (Fsp3) is 0.286. The van der Waals surface area contributed by atoms with E-state index in [1.807, 2.05) is 23.1 Å². The molecule has 0 N–H and O–H groups in total. The number of hydrogen-bond donors (Lipinski definition) is 0. The Hall–Kier alpha value is -3.00. The second-order valence-corrected chi connectivity index (χ2v) is 7.64. The fourth-order valence-corrected chi connectivity index (χ4v) is 4.08. The summed E-state index contributed by atoms with van der Waals surface area (Å²) in [7, 11) is 3.16. The van der Waals surface area contributed by atoms with Gasteiger partial charge in [0.15, 0.2) is 0 Å². The lowest BCUT2D eigenvalue weighted by atomic mass is 10.1. The van der Waals surface area contributed by atoms with Crippen LogP contribution in [0.5, 0.6) is 11.5 Å². The van der Waals surface area contributed by atoms with Gasteiger partial charge in [-0.05, 0) is 37.1 Å². The molecule has 7 nitrogen and oxygen atoms in total. The Morgan fingerprint density at radius 3 is 2.62 bits per heavy atom. The quantitative estimate of drug-likeness (QED) is 0.571. The van der Waals surface area contributed by atoms with Gasteiger partial charge in [-0.3, -0.25) is 4.79 Å². The minimum Gasteiger partial charge on any atom is -0.497 e. The molecular weight excluding hydrogens is 390 g/mol. The summed E-state index contributed by atoms with van der Waals surface area (Å²) >= 11 is 1.23. The zero-order valence-electron chi connectivity index (χ0n) is 16.4. The molecule has 0 bridgehead atoms. The maximum atomic E-state index is 12.8. The van der Waals surface area contributed by atoms with Crippen molar-refractivity contribution < 1.29 is 18.7 Å². The van der Waals surface area contributed by atoms with Crippen molar-refractivity contribution in [2.75, 3.05) is 24.9 Å². The summed E-state index contributed by atoms with van der Waals surface area (Å²) in [5.41, 5.74) is 2.87. The first-order valence-electron chi connectivity index (χ1n) is 9.18. The first kappa shape index (κ1) is 19.3. The number of thioether (sulfide) groups is 1. The van der Waals surface area contributed by atoms with Crippen molar-refractivity contribution in [1.29, 1.82) is 0 Å². The van der Waals surface area contributed by atoms with Crippen LogP contribution < -0.4 is 14.4 Å². The average molecular weight is 411 g/mol. The first-order valence-corrected chi connectivity index (χ1v) is 10.2. The highest BCUT2D eigenvalue weighted by Gasteiger charge is 2.30. The zero-order valence-corrected chi connectivity index (χ0v) is 17.2. The molecule has 0 saturated heterocycles. The number of fused-ring (bicyclic) bond motifs is 1. The maximum Gasteiger partial charge on any atom is 0.277 e. The van der Waals surface area contributed by atoms with Gasteiger partial charge in [-0.1, -0.05) is 30.0 Å². The van der Waals surface area contributed by atoms with E-state index >= 15 is 0 Å². The van der Waals surface area contributed by atoms with E-state index in [2.05, 4.69) is 23.2 Å². The first-order chi connectivity index (χ1) is 14.1. The van der Waals surface area contributed by atoms with E-state index in [9.17, 15) is 4.79 Å². The number of para-hydroxylation sites is 1. The van der Waals surface area contributed by atoms with E-state index in [0.29, 0.717) is 28.2 Å². The summed E-state index contributed by atoms with van der Waals surface area (Å²) in [5, 5.41) is 8.49. The summed E-state index contributed by atoms with van der Waals surface area (Å²) in [5.74, 6) is 1.85. The molecule has 150 valence electrons. The second-order valence-electron chi connectivity index (χ2n) is 6.71. The van der Waals surface area contributed by atoms with Gasteiger partial charge in [0.2, 0.25) is 11.8 Å². The van der Waals surface area contributed by atoms with Crippen LogP contribution in [0.2, 0.25) is 0 Å². The molecule has 1 unspecified atom stereocenters. The van der Waals surface area contributed by atoms with Crippen LogP contribution in [-0.4, -0.2) is 42.1 Å². The smallest absolute Gasteiger partial charge is 0.277 e. The zero-order chi connectivity index (χ0) is 20.4. The summed E-state index contributed by atoms with van der Waals surface area (Å²) in [4.78, 5) is 14.7. The Bertz CT molecular complexity index is 1010. The molecule has 4 rings (SSSR count). The van der Waals surface area contributed by atoms with Gasteiger partial charge in [-0.15, -0.1) is 10.2 Å². The van der Waals surface area contributed by atoms with Gasteiger partial charge in [0, 0.05) is 23.4 Å². The number of rotatable bonds is 6. The number of hydrogen-bond acceptors (Lipinski definition) is 7. The van der Waals surface area contributed by atoms with E-state index in [4.69, 9.17) is 13.9 Å². The van der Waals surface area contributed by atoms with Crippen molar-refractivity contribution in [1.82, 2.24) is 10.2 Å². The van der Waals surface area contributed by atoms with Gasteiger partial charge in [0.25, 0.3) is 5.22 Å². The second kappa shape index (κ2) is 8.16. The lowest BCUT2D eigenvalue weighted by molar-refractivity contribution is -0.116. The van der Waals surface area contributed by atoms with Gasteiger partial charge in [-0.2, -0.15) is 0 Å². The van der Waals surface area contributed by atoms with Gasteiger partial charge < -0.3 is 18.8 Å². The lowest BCUT2D eigenvalue weighted by Gasteiger charge is -2.22. The summed E-state index contributed by atoms with van der Waals surface area (Å²) < 4.78 is 16.3. The summed E-state index contributed by atoms with van der Waals surface area (Å²) in [6.45, 7) is 2.06. The highest BCUT2D eigenvalue weighted by atomic mass is 32.2. The Labute approximate surface area is 173 Å². The van der Waals surface area contributed by atoms with Crippen molar-refractivity contribution >= 4 is 23.4 Å². The van der Waals surface area contributed by atoms with E-state index in [-0.39, 0.29) is 17.7 Å². The molecule has 29 heavy (non-hydrogen) atoms. The number of ether oxygens (including phenoxy) is 2. The molecule has 3 aromatic rings. The molecule has 0 radical (unpaired) electrons. The molecule has 0 spiro atoms. The van der Waals surface area contributed by atoms with Gasteiger partial charge in [-0.25, -0.2) is 0 Å². The third-order valence-corrected chi connectivity index (χ3v) is 5.60. The fourth-order valence-electron chi connectivity index (χ4n) is 3.45. The van der Waals surface area contributed by atoms with Crippen LogP contribution in [0.25, 0.3) is 11.5 Å². The van der Waals surface area contributed by atoms with Crippen LogP contribution in [-0.2, 0) is 11.2 Å². The van der Waals surface area contributed by atoms with Crippen molar-refractivity contribution in [3.8, 4) is 23.0 Å². The van der Waals surface area contributed by atoms with Crippen molar-refractivity contribution in [2.24, 2.45) is 0 Å². The largest absolute Gasteiger partial charge is 0.497 e. The third kappa shape index (κ3) is 3.93. The standard InChI is InChI=1S/C21H21N3O4S/c1-13-8-14-6-4-5-7-18(14)24(13)19(25)12-29-21-23-22-20(28-21)15-9-16(26-2)11-17(10-15)27-3/h4-7,9-11,13H,8,12H2,1-3H3. The highest BCUT2D eigenvalue weighted by Crippen LogP contribution is 2.34. The lowest BCUT2D eigenvalue weighted by Crippen LogP contribution is -2.36. The molecule has 0 aliphatic carbocycles. The normalized spacial score (nSPS) is 15.3. The van der Waals surface area contributed by atoms with E-state index < -0.39 is 0 Å². The number of amides is 1. The Morgan fingerprint density at radius 1 is 1.17 bits per heavy atom. The summed E-state index contributed by atoms with van der Waals surface area (Å²) in [6, 6.07) is 13.5. The Morgan fingerprint density at radius 2 is 1.90 bits per heavy atom. The van der Waals surface area contributed by atoms with Crippen LogP contribution in [0.15, 0.2) is 52.1 Å². The molecule has 1 aromatic heterocycles.